The van der Waals surface area contributed by atoms with Gasteiger partial charge in [0.05, 0.1) is 12.2 Å². The number of nitrogens with zero attached hydrogens (tertiary/aromatic N) is 1. The summed E-state index contributed by atoms with van der Waals surface area (Å²) in [7, 11) is 0. The highest BCUT2D eigenvalue weighted by Gasteiger charge is 2.18. The molecule has 0 aliphatic rings. The van der Waals surface area contributed by atoms with Gasteiger partial charge in [-0.15, -0.1) is 0 Å². The van der Waals surface area contributed by atoms with E-state index in [0.29, 0.717) is 0 Å². The zero-order valence-electron chi connectivity index (χ0n) is 6.27. The Bertz CT molecular complexity index is 322. The molecule has 0 bridgehead atoms. The van der Waals surface area contributed by atoms with Crippen LogP contribution in [-0.2, 0) is 6.61 Å². The van der Waals surface area contributed by atoms with Gasteiger partial charge >= 0.3 is 0 Å². The summed E-state index contributed by atoms with van der Waals surface area (Å²) in [5, 5.41) is 8.90. The molecule has 0 amide bonds. The van der Waals surface area contributed by atoms with Crippen LogP contribution in [0.1, 0.15) is 17.6 Å². The first-order chi connectivity index (χ1) is 6.06. The molecule has 0 fully saturated rings. The molecule has 1 N–H and O–H groups in total. The number of aromatic nitrogens is 1. The molecule has 1 rings (SSSR count). The second-order valence-electron chi connectivity index (χ2n) is 2.27. The van der Waals surface area contributed by atoms with Gasteiger partial charge in [-0.1, -0.05) is 11.6 Å². The van der Waals surface area contributed by atoms with Crippen LogP contribution in [0.5, 0.6) is 0 Å². The topological polar surface area (TPSA) is 33.1 Å². The van der Waals surface area contributed by atoms with E-state index in [9.17, 15) is 8.78 Å². The number of hydrogen-bond acceptors (Lipinski definition) is 2. The fourth-order valence-corrected chi connectivity index (χ4v) is 2.10. The van der Waals surface area contributed by atoms with E-state index in [1.165, 1.54) is 6.07 Å². The Hall–Kier alpha value is -0.0100. The summed E-state index contributed by atoms with van der Waals surface area (Å²) in [4.78, 5) is 3.66. The standard InChI is InChI=1S/C7H5ClF2INO/c8-4-1-3(2-13)5(6(9)10)7(11)12-4/h1,6,13H,2H2. The van der Waals surface area contributed by atoms with E-state index in [1.54, 1.807) is 22.6 Å². The monoisotopic (exact) mass is 319 g/mol. The summed E-state index contributed by atoms with van der Waals surface area (Å²) in [6.07, 6.45) is -2.64. The van der Waals surface area contributed by atoms with Crippen LogP contribution in [0, 0.1) is 3.70 Å². The quantitative estimate of drug-likeness (QED) is 0.672. The number of hydrogen-bond donors (Lipinski definition) is 1. The minimum atomic E-state index is -2.64. The van der Waals surface area contributed by atoms with Gasteiger partial charge in [-0.25, -0.2) is 13.8 Å². The first-order valence-corrected chi connectivity index (χ1v) is 4.75. The molecular formula is C7H5ClF2INO. The van der Waals surface area contributed by atoms with Crippen molar-refractivity contribution in [3.8, 4) is 0 Å². The number of halogens is 4. The summed E-state index contributed by atoms with van der Waals surface area (Å²) in [5.41, 5.74) is -0.119. The molecule has 0 radical (unpaired) electrons. The molecule has 0 aliphatic carbocycles. The molecule has 0 spiro atoms. The highest BCUT2D eigenvalue weighted by Crippen LogP contribution is 2.28. The molecule has 6 heteroatoms. The summed E-state index contributed by atoms with van der Waals surface area (Å²) in [6, 6.07) is 1.24. The van der Waals surface area contributed by atoms with Crippen molar-refractivity contribution in [2.24, 2.45) is 0 Å². The maximum atomic E-state index is 12.4. The lowest BCUT2D eigenvalue weighted by atomic mass is 10.1. The van der Waals surface area contributed by atoms with E-state index in [1.807, 2.05) is 0 Å². The Morgan fingerprint density at radius 3 is 2.69 bits per heavy atom. The lowest BCUT2D eigenvalue weighted by molar-refractivity contribution is 0.145. The lowest BCUT2D eigenvalue weighted by Gasteiger charge is -2.08. The Labute approximate surface area is 92.1 Å². The smallest absolute Gasteiger partial charge is 0.266 e. The zero-order valence-corrected chi connectivity index (χ0v) is 9.18. The molecule has 0 unspecified atom stereocenters. The van der Waals surface area contributed by atoms with E-state index in [-0.39, 0.29) is 20.0 Å². The highest BCUT2D eigenvalue weighted by atomic mass is 127. The maximum absolute atomic E-state index is 12.4. The van der Waals surface area contributed by atoms with Crippen molar-refractivity contribution in [2.75, 3.05) is 0 Å². The molecule has 1 aromatic heterocycles. The van der Waals surface area contributed by atoms with E-state index in [2.05, 4.69) is 4.98 Å². The van der Waals surface area contributed by atoms with Crippen LogP contribution in [0.2, 0.25) is 5.15 Å². The maximum Gasteiger partial charge on any atom is 0.266 e. The number of rotatable bonds is 2. The predicted molar refractivity (Wildman–Crippen MR) is 52.8 cm³/mol. The molecule has 0 saturated heterocycles. The van der Waals surface area contributed by atoms with E-state index in [0.717, 1.165) is 0 Å². The Morgan fingerprint density at radius 1 is 1.62 bits per heavy atom. The third kappa shape index (κ3) is 2.47. The molecular weight excluding hydrogens is 314 g/mol. The van der Waals surface area contributed by atoms with Gasteiger partial charge in [0.2, 0.25) is 0 Å². The van der Waals surface area contributed by atoms with Crippen LogP contribution in [-0.4, -0.2) is 10.1 Å². The van der Waals surface area contributed by atoms with Gasteiger partial charge in [0.1, 0.15) is 8.85 Å². The fraction of sp³-hybridized carbons (Fsp3) is 0.286. The molecule has 0 aromatic carbocycles. The largest absolute Gasteiger partial charge is 0.392 e. The first kappa shape index (κ1) is 11.1. The van der Waals surface area contributed by atoms with Crippen molar-refractivity contribution in [1.29, 1.82) is 0 Å². The van der Waals surface area contributed by atoms with Crippen LogP contribution in [0.25, 0.3) is 0 Å². The van der Waals surface area contributed by atoms with Crippen LogP contribution >= 0.6 is 34.2 Å². The normalized spacial score (nSPS) is 10.9. The van der Waals surface area contributed by atoms with Crippen LogP contribution < -0.4 is 0 Å². The number of pyridine rings is 1. The van der Waals surface area contributed by atoms with Gasteiger partial charge in [0, 0.05) is 0 Å². The molecule has 13 heavy (non-hydrogen) atoms. The van der Waals surface area contributed by atoms with Crippen LogP contribution in [0.15, 0.2) is 6.07 Å². The number of aliphatic hydroxyl groups excluding tert-OH is 1. The van der Waals surface area contributed by atoms with Crippen molar-refractivity contribution >= 4 is 34.2 Å². The Morgan fingerprint density at radius 2 is 2.23 bits per heavy atom. The average Bonchev–Trinajstić information content (AvgIpc) is 2.01. The minimum absolute atomic E-state index is 0.109. The van der Waals surface area contributed by atoms with Crippen molar-refractivity contribution < 1.29 is 13.9 Å². The van der Waals surface area contributed by atoms with Gasteiger partial charge in [-0.05, 0) is 34.2 Å². The molecule has 0 saturated carbocycles. The predicted octanol–water partition coefficient (Wildman–Crippen LogP) is 2.77. The first-order valence-electron chi connectivity index (χ1n) is 3.30. The van der Waals surface area contributed by atoms with Gasteiger partial charge in [0.15, 0.2) is 0 Å². The summed E-state index contributed by atoms with van der Waals surface area (Å²) >= 11 is 7.20. The summed E-state index contributed by atoms with van der Waals surface area (Å²) in [6.45, 7) is -0.460. The van der Waals surface area contributed by atoms with Crippen LogP contribution in [0.3, 0.4) is 0 Å². The SMILES string of the molecule is OCc1cc(Cl)nc(I)c1C(F)F. The molecule has 72 valence electrons. The van der Waals surface area contributed by atoms with Crippen molar-refractivity contribution in [3.63, 3.8) is 0 Å². The Balaban J connectivity index is 3.30. The molecule has 2 nitrogen and oxygen atoms in total. The average molecular weight is 319 g/mol. The van der Waals surface area contributed by atoms with Gasteiger partial charge in [-0.3, -0.25) is 0 Å². The molecule has 0 atom stereocenters. The molecule has 1 aromatic rings. The van der Waals surface area contributed by atoms with E-state index >= 15 is 0 Å². The van der Waals surface area contributed by atoms with E-state index < -0.39 is 13.0 Å². The molecule has 1 heterocycles. The summed E-state index contributed by atoms with van der Waals surface area (Å²) < 4.78 is 24.9. The third-order valence-corrected chi connectivity index (χ3v) is 2.47. The second kappa shape index (κ2) is 4.47. The number of alkyl halides is 2. The lowest BCUT2D eigenvalue weighted by Crippen LogP contribution is -2.00. The highest BCUT2D eigenvalue weighted by molar-refractivity contribution is 14.1. The van der Waals surface area contributed by atoms with Crippen molar-refractivity contribution in [2.45, 2.75) is 13.0 Å². The zero-order chi connectivity index (χ0) is 10.0. The van der Waals surface area contributed by atoms with E-state index in [4.69, 9.17) is 16.7 Å². The van der Waals surface area contributed by atoms with Gasteiger partial charge < -0.3 is 5.11 Å². The van der Waals surface area contributed by atoms with Crippen LogP contribution in [0.4, 0.5) is 8.78 Å². The van der Waals surface area contributed by atoms with Crippen molar-refractivity contribution in [1.82, 2.24) is 4.98 Å². The Kier molecular flexibility index (Phi) is 3.81. The fourth-order valence-electron chi connectivity index (χ4n) is 0.901. The summed E-state index contributed by atoms with van der Waals surface area (Å²) in [5.74, 6) is 0. The van der Waals surface area contributed by atoms with Gasteiger partial charge in [0.25, 0.3) is 6.43 Å². The second-order valence-corrected chi connectivity index (χ2v) is 3.68. The molecule has 0 aliphatic heterocycles. The minimum Gasteiger partial charge on any atom is -0.392 e. The van der Waals surface area contributed by atoms with Crippen molar-refractivity contribution in [3.05, 3.63) is 26.0 Å². The van der Waals surface area contributed by atoms with Gasteiger partial charge in [-0.2, -0.15) is 0 Å². The third-order valence-electron chi connectivity index (χ3n) is 1.46. The number of aliphatic hydroxyl groups is 1.